The molecule has 2 aromatic carbocycles. The van der Waals surface area contributed by atoms with Gasteiger partial charge in [0.2, 0.25) is 0 Å². The van der Waals surface area contributed by atoms with Gasteiger partial charge >= 0.3 is 11.8 Å². The number of nitrogens with zero attached hydrogens (tertiary/aromatic N) is 1. The number of rotatable bonds is 7. The molecule has 3 aromatic rings. The van der Waals surface area contributed by atoms with Gasteiger partial charge in [-0.2, -0.15) is 4.57 Å². The fraction of sp³-hybridized carbons (Fsp3) is 0.440. The molecule has 1 fully saturated rings. The number of nitrogens with one attached hydrogen (secondary N) is 1. The molecule has 0 atom stereocenters. The van der Waals surface area contributed by atoms with Crippen molar-refractivity contribution in [2.24, 2.45) is 5.92 Å². The molecule has 0 aliphatic heterocycles. The van der Waals surface area contributed by atoms with E-state index in [0.29, 0.717) is 17.6 Å². The Kier molecular flexibility index (Phi) is 6.85. The highest BCUT2D eigenvalue weighted by atomic mass is 19.1. The second-order valence-corrected chi connectivity index (χ2v) is 8.48. The summed E-state index contributed by atoms with van der Waals surface area (Å²) in [5, 5.41) is 2.83. The Bertz CT molecular complexity index is 1080. The fourth-order valence-electron chi connectivity index (χ4n) is 4.52. The fourth-order valence-corrected chi connectivity index (χ4v) is 4.52. The molecule has 1 aliphatic rings. The van der Waals surface area contributed by atoms with Gasteiger partial charge in [-0.05, 0) is 47.7 Å². The maximum absolute atomic E-state index is 13.1. The van der Waals surface area contributed by atoms with Gasteiger partial charge in [-0.3, -0.25) is 0 Å². The lowest BCUT2D eigenvalue weighted by atomic mass is 9.86. The lowest BCUT2D eigenvalue weighted by Crippen LogP contribution is -2.34. The van der Waals surface area contributed by atoms with Crippen molar-refractivity contribution in [3.63, 3.8) is 0 Å². The Balaban J connectivity index is 1.33. The van der Waals surface area contributed by atoms with Gasteiger partial charge in [0.15, 0.2) is 5.58 Å². The van der Waals surface area contributed by atoms with Gasteiger partial charge in [0.25, 0.3) is 0 Å². The highest BCUT2D eigenvalue weighted by Crippen LogP contribution is 2.28. The molecule has 1 heterocycles. The molecule has 4 rings (SSSR count). The molecule has 6 heteroatoms. The topological polar surface area (TPSA) is 64.2 Å². The van der Waals surface area contributed by atoms with E-state index in [4.69, 9.17) is 4.42 Å². The number of halogens is 1. The van der Waals surface area contributed by atoms with Crippen molar-refractivity contribution in [3.05, 3.63) is 58.8 Å². The summed E-state index contributed by atoms with van der Waals surface area (Å²) in [7, 11) is 0. The van der Waals surface area contributed by atoms with Crippen LogP contribution in [0.15, 0.2) is 51.7 Å². The van der Waals surface area contributed by atoms with Crippen LogP contribution in [0, 0.1) is 11.7 Å². The minimum atomic E-state index is -0.707. The van der Waals surface area contributed by atoms with Crippen molar-refractivity contribution in [1.82, 2.24) is 9.88 Å². The second kappa shape index (κ2) is 9.94. The highest BCUT2D eigenvalue weighted by Gasteiger charge is 2.17. The molecule has 1 amide bonds. The van der Waals surface area contributed by atoms with E-state index in [9.17, 15) is 14.0 Å². The van der Waals surface area contributed by atoms with Crippen LogP contribution in [0.25, 0.3) is 22.2 Å². The third-order valence-corrected chi connectivity index (χ3v) is 6.25. The summed E-state index contributed by atoms with van der Waals surface area (Å²) in [5.74, 6) is -0.131. The first-order valence-corrected chi connectivity index (χ1v) is 11.3. The van der Waals surface area contributed by atoms with Crippen molar-refractivity contribution >= 4 is 17.1 Å². The summed E-state index contributed by atoms with van der Waals surface area (Å²) >= 11 is 0. The van der Waals surface area contributed by atoms with Gasteiger partial charge in [-0.1, -0.05) is 69.6 Å². The zero-order chi connectivity index (χ0) is 21.6. The molecular weight excluding hydrogens is 395 g/mol. The molecule has 164 valence electrons. The number of aromatic nitrogens is 1. The lowest BCUT2D eigenvalue weighted by molar-refractivity contribution is 0.241. The number of oxazole rings is 1. The minimum absolute atomic E-state index is 0.312. The van der Waals surface area contributed by atoms with Crippen LogP contribution in [0.2, 0.25) is 0 Å². The van der Waals surface area contributed by atoms with Crippen molar-refractivity contribution in [1.29, 1.82) is 0 Å². The zero-order valence-corrected chi connectivity index (χ0v) is 17.7. The number of hydrogen-bond donors (Lipinski definition) is 1. The van der Waals surface area contributed by atoms with Gasteiger partial charge in [-0.15, -0.1) is 0 Å². The summed E-state index contributed by atoms with van der Waals surface area (Å²) in [5.41, 5.74) is 2.34. The first-order chi connectivity index (χ1) is 15.1. The van der Waals surface area contributed by atoms with E-state index in [1.807, 2.05) is 0 Å². The SMILES string of the molecule is O=C(NCCCCCC1CCCCC1)n1c(=O)oc2cc(-c3ccc(F)cc3)ccc21. The summed E-state index contributed by atoms with van der Waals surface area (Å²) in [6.45, 7) is 0.538. The Hall–Kier alpha value is -2.89. The van der Waals surface area contributed by atoms with E-state index >= 15 is 0 Å². The van der Waals surface area contributed by atoms with Crippen LogP contribution < -0.4 is 11.1 Å². The molecular formula is C25H29FN2O3. The Morgan fingerprint density at radius 1 is 1.00 bits per heavy atom. The molecule has 1 aliphatic carbocycles. The predicted octanol–water partition coefficient (Wildman–Crippen LogP) is 6.10. The van der Waals surface area contributed by atoms with Crippen molar-refractivity contribution in [2.75, 3.05) is 6.54 Å². The monoisotopic (exact) mass is 424 g/mol. The summed E-state index contributed by atoms with van der Waals surface area (Å²) in [6, 6.07) is 10.8. The maximum Gasteiger partial charge on any atom is 0.428 e. The van der Waals surface area contributed by atoms with Crippen LogP contribution in [-0.4, -0.2) is 17.1 Å². The number of benzene rings is 2. The van der Waals surface area contributed by atoms with Crippen LogP contribution in [-0.2, 0) is 0 Å². The predicted molar refractivity (Wildman–Crippen MR) is 120 cm³/mol. The van der Waals surface area contributed by atoms with Gasteiger partial charge in [0.1, 0.15) is 5.82 Å². The Morgan fingerprint density at radius 3 is 2.52 bits per heavy atom. The molecule has 0 saturated heterocycles. The smallest absolute Gasteiger partial charge is 0.407 e. The van der Waals surface area contributed by atoms with Crippen LogP contribution in [0.1, 0.15) is 57.8 Å². The molecule has 5 nitrogen and oxygen atoms in total. The lowest BCUT2D eigenvalue weighted by Gasteiger charge is -2.21. The Labute approximate surface area is 181 Å². The molecule has 1 saturated carbocycles. The summed E-state index contributed by atoms with van der Waals surface area (Å²) in [6.07, 6.45) is 11.3. The van der Waals surface area contributed by atoms with E-state index in [0.717, 1.165) is 34.5 Å². The quantitative estimate of drug-likeness (QED) is 0.466. The van der Waals surface area contributed by atoms with Crippen LogP contribution in [0.5, 0.6) is 0 Å². The maximum atomic E-state index is 13.1. The van der Waals surface area contributed by atoms with Crippen LogP contribution >= 0.6 is 0 Å². The average molecular weight is 425 g/mol. The number of carbonyl (C=O) groups is 1. The van der Waals surface area contributed by atoms with E-state index < -0.39 is 11.8 Å². The Morgan fingerprint density at radius 2 is 1.74 bits per heavy atom. The third kappa shape index (κ3) is 5.24. The second-order valence-electron chi connectivity index (χ2n) is 8.48. The average Bonchev–Trinajstić information content (AvgIpc) is 3.12. The minimum Gasteiger partial charge on any atom is -0.407 e. The number of hydrogen-bond acceptors (Lipinski definition) is 3. The first-order valence-electron chi connectivity index (χ1n) is 11.3. The van der Waals surface area contributed by atoms with Gasteiger partial charge in [-0.25, -0.2) is 14.0 Å². The van der Waals surface area contributed by atoms with Gasteiger partial charge < -0.3 is 9.73 Å². The zero-order valence-electron chi connectivity index (χ0n) is 17.7. The third-order valence-electron chi connectivity index (χ3n) is 6.25. The van der Waals surface area contributed by atoms with E-state index in [-0.39, 0.29) is 5.82 Å². The van der Waals surface area contributed by atoms with E-state index in [1.54, 1.807) is 30.3 Å². The van der Waals surface area contributed by atoms with Gasteiger partial charge in [0.05, 0.1) is 5.52 Å². The normalized spacial score (nSPS) is 14.7. The van der Waals surface area contributed by atoms with Crippen molar-refractivity contribution < 1.29 is 13.6 Å². The van der Waals surface area contributed by atoms with Crippen LogP contribution in [0.3, 0.4) is 0 Å². The van der Waals surface area contributed by atoms with Crippen LogP contribution in [0.4, 0.5) is 9.18 Å². The van der Waals surface area contributed by atoms with Crippen molar-refractivity contribution in [2.45, 2.75) is 57.8 Å². The molecule has 31 heavy (non-hydrogen) atoms. The molecule has 0 radical (unpaired) electrons. The van der Waals surface area contributed by atoms with E-state index in [2.05, 4.69) is 5.32 Å². The number of carbonyl (C=O) groups excluding carboxylic acids is 1. The van der Waals surface area contributed by atoms with E-state index in [1.165, 1.54) is 57.1 Å². The number of unbranched alkanes of at least 4 members (excludes halogenated alkanes) is 2. The largest absolute Gasteiger partial charge is 0.428 e. The molecule has 0 bridgehead atoms. The highest BCUT2D eigenvalue weighted by molar-refractivity contribution is 5.90. The number of fused-ring (bicyclic) bond motifs is 1. The molecule has 1 aromatic heterocycles. The summed E-state index contributed by atoms with van der Waals surface area (Å²) < 4.78 is 19.5. The van der Waals surface area contributed by atoms with Gasteiger partial charge in [0, 0.05) is 6.54 Å². The molecule has 0 spiro atoms. The first kappa shape index (κ1) is 21.3. The molecule has 0 unspecified atom stereocenters. The molecule has 1 N–H and O–H groups in total. The summed E-state index contributed by atoms with van der Waals surface area (Å²) in [4.78, 5) is 24.8. The standard InChI is InChI=1S/C25H29FN2O3/c26-21-13-10-19(11-14-21)20-12-15-22-23(17-20)31-25(30)28(22)24(29)27-16-6-2-5-9-18-7-3-1-4-8-18/h10-15,17-18H,1-9,16H2,(H,27,29). The van der Waals surface area contributed by atoms with Crippen molar-refractivity contribution in [3.8, 4) is 11.1 Å². The number of amides is 1.